The molecular weight excluding hydrogens is 447 g/mol. The molecule has 1 aromatic rings. The Balaban J connectivity index is 2.02. The summed E-state index contributed by atoms with van der Waals surface area (Å²) in [6.07, 6.45) is -10.9. The van der Waals surface area contributed by atoms with Gasteiger partial charge in [-0.05, 0) is 20.3 Å². The number of ether oxygens (including phenoxy) is 3. The Morgan fingerprint density at radius 1 is 1.21 bits per heavy atom. The van der Waals surface area contributed by atoms with E-state index in [9.17, 15) is 39.2 Å². The molecule has 0 bridgehead atoms. The van der Waals surface area contributed by atoms with E-state index in [0.717, 1.165) is 17.0 Å². The molecule has 0 radical (unpaired) electrons. The molecule has 5 N–H and O–H groups in total. The number of aliphatic hydroxyl groups is 3. The number of amides is 2. The minimum Gasteiger partial charge on any atom is -0.479 e. The normalized spacial score (nSPS) is 29.3. The summed E-state index contributed by atoms with van der Waals surface area (Å²) in [5.74, 6) is -3.55. The number of fused-ring (bicyclic) bond motifs is 1. The van der Waals surface area contributed by atoms with Gasteiger partial charge in [-0.2, -0.15) is 0 Å². The van der Waals surface area contributed by atoms with E-state index >= 15 is 0 Å². The zero-order chi connectivity index (χ0) is 24.6. The molecular formula is C20H25FN2O10. The van der Waals surface area contributed by atoms with Gasteiger partial charge in [0, 0.05) is 12.1 Å². The topological polar surface area (TPSA) is 175 Å². The first-order valence-electron chi connectivity index (χ1n) is 10.2. The number of nitrogens with zero attached hydrogens (tertiary/aromatic N) is 1. The molecule has 2 amide bonds. The fraction of sp³-hybridized carbons (Fsp3) is 0.550. The molecule has 0 aromatic heterocycles. The molecule has 2 aliphatic rings. The number of carbonyl (C=O) groups is 3. The number of carbonyl (C=O) groups excluding carboxylic acids is 2. The van der Waals surface area contributed by atoms with Crippen LogP contribution in [0.1, 0.15) is 27.2 Å². The number of nitrogens with one attached hydrogen (secondary N) is 1. The van der Waals surface area contributed by atoms with Crippen molar-refractivity contribution in [2.75, 3.05) is 10.2 Å². The van der Waals surface area contributed by atoms with E-state index in [-0.39, 0.29) is 17.8 Å². The highest BCUT2D eigenvalue weighted by Crippen LogP contribution is 2.42. The van der Waals surface area contributed by atoms with Crippen LogP contribution in [0.5, 0.6) is 5.75 Å². The Morgan fingerprint density at radius 3 is 2.45 bits per heavy atom. The number of hydrogen-bond donors (Lipinski definition) is 5. The van der Waals surface area contributed by atoms with Crippen LogP contribution in [-0.2, 0) is 19.1 Å². The first-order chi connectivity index (χ1) is 15.5. The second-order valence-corrected chi connectivity index (χ2v) is 7.87. The highest BCUT2D eigenvalue weighted by Gasteiger charge is 2.48. The van der Waals surface area contributed by atoms with Crippen LogP contribution in [0.4, 0.5) is 20.6 Å². The smallest absolute Gasteiger partial charge is 0.415 e. The summed E-state index contributed by atoms with van der Waals surface area (Å²) in [4.78, 5) is 37.7. The van der Waals surface area contributed by atoms with Crippen molar-refractivity contribution in [1.82, 2.24) is 0 Å². The van der Waals surface area contributed by atoms with Crippen LogP contribution >= 0.6 is 0 Å². The first kappa shape index (κ1) is 24.6. The molecule has 0 spiro atoms. The Kier molecular flexibility index (Phi) is 7.07. The van der Waals surface area contributed by atoms with Crippen LogP contribution in [0, 0.1) is 5.82 Å². The zero-order valence-electron chi connectivity index (χ0n) is 18.0. The van der Waals surface area contributed by atoms with E-state index in [2.05, 4.69) is 5.32 Å². The summed E-state index contributed by atoms with van der Waals surface area (Å²) in [6, 6.07) is 0.784. The number of halogens is 1. The number of hydrogen-bond acceptors (Lipinski definition) is 9. The maximum atomic E-state index is 14.5. The number of rotatable bonds is 5. The Labute approximate surface area is 187 Å². The van der Waals surface area contributed by atoms with Crippen molar-refractivity contribution in [2.24, 2.45) is 0 Å². The average molecular weight is 472 g/mol. The molecule has 1 aromatic carbocycles. The number of carboxylic acid groups (broad SMARTS) is 1. The van der Waals surface area contributed by atoms with Crippen molar-refractivity contribution in [2.45, 2.75) is 70.0 Å². The lowest BCUT2D eigenvalue weighted by atomic mass is 9.99. The van der Waals surface area contributed by atoms with E-state index in [1.807, 2.05) is 0 Å². The molecule has 182 valence electrons. The predicted octanol–water partition coefficient (Wildman–Crippen LogP) is 0.179. The molecule has 0 unspecified atom stereocenters. The monoisotopic (exact) mass is 472 g/mol. The first-order valence-corrected chi connectivity index (χ1v) is 10.2. The standard InChI is InChI=1S/C20H25FN2O10/c1-4-9-17(27)22-12-10(23(9)20(30)31-7(2)3)5-8(21)6-11(12)32-19-15(26)13(24)14(25)16(33-19)18(28)29/h5-7,9,13-16,19,24-26H,4H2,1-3H3,(H,22,27)(H,28,29)/t9-,13-,14-,15+,16-,19+/m0/s1. The highest BCUT2D eigenvalue weighted by molar-refractivity contribution is 6.11. The van der Waals surface area contributed by atoms with E-state index in [1.165, 1.54) is 0 Å². The second-order valence-electron chi connectivity index (χ2n) is 7.87. The van der Waals surface area contributed by atoms with Crippen LogP contribution in [0.2, 0.25) is 0 Å². The summed E-state index contributed by atoms with van der Waals surface area (Å²) >= 11 is 0. The van der Waals surface area contributed by atoms with Crippen LogP contribution in [0.25, 0.3) is 0 Å². The van der Waals surface area contributed by atoms with Gasteiger partial charge in [0.2, 0.25) is 12.2 Å². The number of anilines is 2. The summed E-state index contributed by atoms with van der Waals surface area (Å²) in [5.41, 5.74) is -0.252. The maximum absolute atomic E-state index is 14.5. The zero-order valence-corrected chi connectivity index (χ0v) is 18.0. The molecule has 2 heterocycles. The maximum Gasteiger partial charge on any atom is 0.415 e. The van der Waals surface area contributed by atoms with Crippen LogP contribution in [-0.4, -0.2) is 81.2 Å². The third kappa shape index (κ3) is 4.71. The summed E-state index contributed by atoms with van der Waals surface area (Å²) < 4.78 is 30.2. The van der Waals surface area contributed by atoms with Crippen LogP contribution < -0.4 is 15.0 Å². The minimum absolute atomic E-state index is 0.0947. The van der Waals surface area contributed by atoms with Crippen LogP contribution in [0.3, 0.4) is 0 Å². The molecule has 2 aliphatic heterocycles. The number of carboxylic acids is 1. The second kappa shape index (κ2) is 9.47. The lowest BCUT2D eigenvalue weighted by molar-refractivity contribution is -0.271. The number of aliphatic carboxylic acids is 1. The van der Waals surface area contributed by atoms with Gasteiger partial charge >= 0.3 is 12.1 Å². The van der Waals surface area contributed by atoms with Gasteiger partial charge in [-0.1, -0.05) is 6.92 Å². The molecule has 0 aliphatic carbocycles. The largest absolute Gasteiger partial charge is 0.479 e. The van der Waals surface area contributed by atoms with Crippen molar-refractivity contribution in [3.8, 4) is 5.75 Å². The van der Waals surface area contributed by atoms with Gasteiger partial charge < -0.3 is 40.0 Å². The third-order valence-corrected chi connectivity index (χ3v) is 5.14. The average Bonchev–Trinajstić information content (AvgIpc) is 2.72. The van der Waals surface area contributed by atoms with Gasteiger partial charge in [-0.25, -0.2) is 14.0 Å². The van der Waals surface area contributed by atoms with E-state index in [0.29, 0.717) is 0 Å². The van der Waals surface area contributed by atoms with E-state index in [1.54, 1.807) is 20.8 Å². The molecule has 33 heavy (non-hydrogen) atoms. The summed E-state index contributed by atoms with van der Waals surface area (Å²) in [7, 11) is 0. The van der Waals surface area contributed by atoms with Gasteiger partial charge in [0.1, 0.15) is 35.9 Å². The molecule has 3 rings (SSSR count). The summed E-state index contributed by atoms with van der Waals surface area (Å²) in [5, 5.41) is 41.7. The molecule has 6 atom stereocenters. The third-order valence-electron chi connectivity index (χ3n) is 5.14. The van der Waals surface area contributed by atoms with E-state index < -0.39 is 72.4 Å². The van der Waals surface area contributed by atoms with Gasteiger partial charge in [0.15, 0.2) is 11.9 Å². The van der Waals surface area contributed by atoms with Gasteiger partial charge in [-0.3, -0.25) is 9.69 Å². The van der Waals surface area contributed by atoms with Gasteiger partial charge in [-0.15, -0.1) is 0 Å². The lowest BCUT2D eigenvalue weighted by Gasteiger charge is -2.40. The number of aliphatic hydroxyl groups excluding tert-OH is 3. The predicted molar refractivity (Wildman–Crippen MR) is 108 cm³/mol. The quantitative estimate of drug-likeness (QED) is 0.397. The number of benzene rings is 1. The summed E-state index contributed by atoms with van der Waals surface area (Å²) in [6.45, 7) is 4.85. The molecule has 13 heteroatoms. The molecule has 1 saturated heterocycles. The minimum atomic E-state index is -1.95. The fourth-order valence-electron chi connectivity index (χ4n) is 3.59. The van der Waals surface area contributed by atoms with Crippen molar-refractivity contribution >= 4 is 29.3 Å². The Bertz CT molecular complexity index is 942. The fourth-order valence-corrected chi connectivity index (χ4v) is 3.59. The van der Waals surface area contributed by atoms with Gasteiger partial charge in [0.05, 0.1) is 11.8 Å². The molecule has 12 nitrogen and oxygen atoms in total. The van der Waals surface area contributed by atoms with E-state index in [4.69, 9.17) is 14.2 Å². The van der Waals surface area contributed by atoms with Crippen molar-refractivity contribution in [3.63, 3.8) is 0 Å². The van der Waals surface area contributed by atoms with Crippen LogP contribution in [0.15, 0.2) is 12.1 Å². The Morgan fingerprint density at radius 2 is 1.88 bits per heavy atom. The molecule has 1 fully saturated rings. The van der Waals surface area contributed by atoms with Crippen molar-refractivity contribution < 1.29 is 53.4 Å². The Hall–Kier alpha value is -3.00. The lowest BCUT2D eigenvalue weighted by Crippen LogP contribution is -2.61. The van der Waals surface area contributed by atoms with Crippen molar-refractivity contribution in [1.29, 1.82) is 0 Å². The SMILES string of the molecule is CC[C@H]1C(=O)Nc2c(O[C@@H]3O[C@H](C(=O)O)[C@@H](O)[C@H](O)[C@H]3O)cc(F)cc2N1C(=O)OC(C)C. The van der Waals surface area contributed by atoms with Gasteiger partial charge in [0.25, 0.3) is 0 Å². The van der Waals surface area contributed by atoms with Crippen molar-refractivity contribution in [3.05, 3.63) is 17.9 Å². The molecule has 0 saturated carbocycles. The highest BCUT2D eigenvalue weighted by atomic mass is 19.1.